The first kappa shape index (κ1) is 8.36. The zero-order valence-corrected chi connectivity index (χ0v) is 8.09. The molecule has 3 atom stereocenters. The third kappa shape index (κ3) is 1.58. The number of rotatable bonds is 1. The van der Waals surface area contributed by atoms with E-state index in [1.165, 1.54) is 25.7 Å². The lowest BCUT2D eigenvalue weighted by atomic mass is 10.0. The van der Waals surface area contributed by atoms with Crippen molar-refractivity contribution in [1.29, 1.82) is 0 Å². The molecule has 2 aliphatic rings. The molecule has 2 heteroatoms. The molecule has 1 aliphatic heterocycles. The Morgan fingerprint density at radius 1 is 1.50 bits per heavy atom. The first-order chi connectivity index (χ1) is 5.90. The summed E-state index contributed by atoms with van der Waals surface area (Å²) in [6.07, 6.45) is 7.36. The van der Waals surface area contributed by atoms with E-state index in [0.717, 1.165) is 11.2 Å². The molecule has 3 unspecified atom stereocenters. The van der Waals surface area contributed by atoms with E-state index in [9.17, 15) is 0 Å². The summed E-state index contributed by atoms with van der Waals surface area (Å²) >= 11 is 1.92. The third-order valence-electron chi connectivity index (χ3n) is 2.86. The second-order valence-electron chi connectivity index (χ2n) is 3.66. The molecule has 1 heterocycles. The summed E-state index contributed by atoms with van der Waals surface area (Å²) < 4.78 is 0. The molecule has 0 amide bonds. The van der Waals surface area contributed by atoms with E-state index in [1.807, 2.05) is 17.3 Å². The minimum atomic E-state index is 0.625. The van der Waals surface area contributed by atoms with E-state index in [1.54, 1.807) is 0 Å². The van der Waals surface area contributed by atoms with Gasteiger partial charge in [0.05, 0.1) is 11.6 Å². The summed E-state index contributed by atoms with van der Waals surface area (Å²) in [6, 6.07) is 0.625. The van der Waals surface area contributed by atoms with Gasteiger partial charge in [-0.15, -0.1) is 18.3 Å². The standard InChI is InChI=1S/C10H15NS/c1-2-8-4-3-5-9-10(6-8)12-7-11-9/h2,7-10H,1,3-6H2. The Balaban J connectivity index is 2.02. The quantitative estimate of drug-likeness (QED) is 0.567. The molecule has 1 nitrogen and oxygen atoms in total. The van der Waals surface area contributed by atoms with Crippen molar-refractivity contribution < 1.29 is 0 Å². The topological polar surface area (TPSA) is 12.4 Å². The maximum Gasteiger partial charge on any atom is 0.0628 e. The molecule has 0 saturated heterocycles. The predicted octanol–water partition coefficient (Wildman–Crippen LogP) is 2.87. The second kappa shape index (κ2) is 3.65. The van der Waals surface area contributed by atoms with Crippen molar-refractivity contribution in [2.75, 3.05) is 0 Å². The van der Waals surface area contributed by atoms with Gasteiger partial charge in [0.15, 0.2) is 0 Å². The SMILES string of the molecule is C=CC1CCCC2N=CSC2C1. The van der Waals surface area contributed by atoms with Crippen LogP contribution in [-0.2, 0) is 0 Å². The number of nitrogens with zero attached hydrogens (tertiary/aromatic N) is 1. The first-order valence-corrected chi connectivity index (χ1v) is 5.64. The van der Waals surface area contributed by atoms with Gasteiger partial charge in [-0.1, -0.05) is 12.5 Å². The fourth-order valence-electron chi connectivity index (χ4n) is 2.07. The molecule has 0 aromatic carbocycles. The van der Waals surface area contributed by atoms with Gasteiger partial charge in [0.1, 0.15) is 0 Å². The summed E-state index contributed by atoms with van der Waals surface area (Å²) in [5.74, 6) is 0.745. The Hall–Kier alpha value is -0.240. The molecule has 1 aliphatic carbocycles. The van der Waals surface area contributed by atoms with Crippen LogP contribution in [-0.4, -0.2) is 16.8 Å². The van der Waals surface area contributed by atoms with E-state index in [-0.39, 0.29) is 0 Å². The Kier molecular flexibility index (Phi) is 2.54. The molecule has 0 bridgehead atoms. The van der Waals surface area contributed by atoms with Gasteiger partial charge in [-0.05, 0) is 25.2 Å². The fraction of sp³-hybridized carbons (Fsp3) is 0.700. The zero-order valence-electron chi connectivity index (χ0n) is 7.28. The van der Waals surface area contributed by atoms with Gasteiger partial charge < -0.3 is 0 Å². The second-order valence-corrected chi connectivity index (χ2v) is 4.75. The summed E-state index contributed by atoms with van der Waals surface area (Å²) in [4.78, 5) is 4.49. The molecular weight excluding hydrogens is 166 g/mol. The molecule has 0 aromatic rings. The largest absolute Gasteiger partial charge is 0.282 e. The molecule has 0 radical (unpaired) electrons. The van der Waals surface area contributed by atoms with Crippen LogP contribution >= 0.6 is 11.8 Å². The van der Waals surface area contributed by atoms with E-state index in [2.05, 4.69) is 17.6 Å². The van der Waals surface area contributed by atoms with Crippen LogP contribution in [0.15, 0.2) is 17.6 Å². The molecule has 0 aromatic heterocycles. The molecule has 66 valence electrons. The summed E-state index contributed by atoms with van der Waals surface area (Å²) in [6.45, 7) is 3.89. The number of aliphatic imine (C=N–C) groups is 1. The van der Waals surface area contributed by atoms with Crippen LogP contribution in [0.4, 0.5) is 0 Å². The van der Waals surface area contributed by atoms with Crippen molar-refractivity contribution >= 4 is 17.3 Å². The highest BCUT2D eigenvalue weighted by Crippen LogP contribution is 2.35. The van der Waals surface area contributed by atoms with Crippen LogP contribution in [0.2, 0.25) is 0 Å². The molecule has 0 spiro atoms. The number of thioether (sulfide) groups is 1. The van der Waals surface area contributed by atoms with E-state index < -0.39 is 0 Å². The minimum absolute atomic E-state index is 0.625. The number of fused-ring (bicyclic) bond motifs is 1. The molecule has 1 saturated carbocycles. The number of hydrogen-bond donors (Lipinski definition) is 0. The Morgan fingerprint density at radius 2 is 2.42 bits per heavy atom. The van der Waals surface area contributed by atoms with Gasteiger partial charge in [-0.2, -0.15) is 0 Å². The smallest absolute Gasteiger partial charge is 0.0628 e. The predicted molar refractivity (Wildman–Crippen MR) is 55.8 cm³/mol. The van der Waals surface area contributed by atoms with E-state index in [0.29, 0.717) is 6.04 Å². The van der Waals surface area contributed by atoms with Gasteiger partial charge in [0.25, 0.3) is 0 Å². The minimum Gasteiger partial charge on any atom is -0.282 e. The lowest BCUT2D eigenvalue weighted by Gasteiger charge is -2.15. The van der Waals surface area contributed by atoms with Crippen LogP contribution < -0.4 is 0 Å². The Morgan fingerprint density at radius 3 is 3.25 bits per heavy atom. The normalized spacial score (nSPS) is 40.5. The lowest BCUT2D eigenvalue weighted by Crippen LogP contribution is -2.16. The van der Waals surface area contributed by atoms with Gasteiger partial charge in [-0.3, -0.25) is 4.99 Å². The summed E-state index contributed by atoms with van der Waals surface area (Å²) in [5.41, 5.74) is 2.04. The van der Waals surface area contributed by atoms with Crippen LogP contribution in [0.5, 0.6) is 0 Å². The maximum atomic E-state index is 4.49. The van der Waals surface area contributed by atoms with Crippen molar-refractivity contribution in [3.05, 3.63) is 12.7 Å². The van der Waals surface area contributed by atoms with Crippen LogP contribution in [0, 0.1) is 5.92 Å². The average molecular weight is 181 g/mol. The fourth-order valence-corrected chi connectivity index (χ4v) is 3.20. The highest BCUT2D eigenvalue weighted by Gasteiger charge is 2.29. The Labute approximate surface area is 78.3 Å². The molecular formula is C10H15NS. The molecule has 2 rings (SSSR count). The summed E-state index contributed by atoms with van der Waals surface area (Å²) in [7, 11) is 0. The highest BCUT2D eigenvalue weighted by atomic mass is 32.2. The van der Waals surface area contributed by atoms with Crippen molar-refractivity contribution in [3.8, 4) is 0 Å². The number of hydrogen-bond acceptors (Lipinski definition) is 2. The van der Waals surface area contributed by atoms with Crippen molar-refractivity contribution in [2.24, 2.45) is 10.9 Å². The van der Waals surface area contributed by atoms with Crippen LogP contribution in [0.3, 0.4) is 0 Å². The van der Waals surface area contributed by atoms with Gasteiger partial charge in [-0.25, -0.2) is 0 Å². The van der Waals surface area contributed by atoms with Crippen LogP contribution in [0.1, 0.15) is 25.7 Å². The monoisotopic (exact) mass is 181 g/mol. The Bertz CT molecular complexity index is 200. The zero-order chi connectivity index (χ0) is 8.39. The van der Waals surface area contributed by atoms with Gasteiger partial charge in [0.2, 0.25) is 0 Å². The number of allylic oxidation sites excluding steroid dienone is 1. The first-order valence-electron chi connectivity index (χ1n) is 4.70. The summed E-state index contributed by atoms with van der Waals surface area (Å²) in [5, 5.41) is 0.760. The molecule has 1 fully saturated rings. The van der Waals surface area contributed by atoms with Gasteiger partial charge >= 0.3 is 0 Å². The maximum absolute atomic E-state index is 4.49. The third-order valence-corrected chi connectivity index (χ3v) is 3.96. The van der Waals surface area contributed by atoms with Crippen molar-refractivity contribution in [3.63, 3.8) is 0 Å². The lowest BCUT2D eigenvalue weighted by molar-refractivity contribution is 0.563. The van der Waals surface area contributed by atoms with Crippen molar-refractivity contribution in [1.82, 2.24) is 0 Å². The van der Waals surface area contributed by atoms with E-state index in [4.69, 9.17) is 0 Å². The van der Waals surface area contributed by atoms with E-state index >= 15 is 0 Å². The highest BCUT2D eigenvalue weighted by molar-refractivity contribution is 8.12. The van der Waals surface area contributed by atoms with Crippen LogP contribution in [0.25, 0.3) is 0 Å². The van der Waals surface area contributed by atoms with Crippen molar-refractivity contribution in [2.45, 2.75) is 37.0 Å². The molecule has 12 heavy (non-hydrogen) atoms. The van der Waals surface area contributed by atoms with Gasteiger partial charge in [0, 0.05) is 5.25 Å². The average Bonchev–Trinajstić information content (AvgIpc) is 2.43. The molecule has 0 N–H and O–H groups in total.